The van der Waals surface area contributed by atoms with E-state index < -0.39 is 0 Å². The maximum absolute atomic E-state index is 14.2. The lowest BCUT2D eigenvalue weighted by molar-refractivity contribution is 0.556. The molecule has 0 saturated heterocycles. The summed E-state index contributed by atoms with van der Waals surface area (Å²) in [5.74, 6) is 1.06. The van der Waals surface area contributed by atoms with E-state index in [0.717, 1.165) is 37.7 Å². The topological polar surface area (TPSA) is 77.3 Å². The Morgan fingerprint density at radius 2 is 1.76 bits per heavy atom. The molecule has 0 amide bonds. The molecule has 1 aliphatic rings. The number of nitrogens with two attached hydrogens (primary N) is 1. The third kappa shape index (κ3) is 6.94. The van der Waals surface area contributed by atoms with E-state index in [1.807, 2.05) is 6.07 Å². The number of unbranched alkanes of at least 4 members (excludes halogenated alkanes) is 8. The van der Waals surface area contributed by atoms with E-state index in [0.29, 0.717) is 23.2 Å². The molecule has 1 fully saturated rings. The molecule has 0 atom stereocenters. The summed E-state index contributed by atoms with van der Waals surface area (Å²) < 4.78 is 19.8. The standard InChI is InChI=1S/C23H33FN4O/c1-2-3-4-5-6-7-8-9-10-11-18-16-19(14-15-20(18)24)22-27-28-23(29-22)26-21(25)17-12-13-17/h14-17H,2-13H2,1H3,(H2,25,26,28). The van der Waals surface area contributed by atoms with Crippen LogP contribution in [-0.4, -0.2) is 16.0 Å². The van der Waals surface area contributed by atoms with Gasteiger partial charge in [-0.05, 0) is 49.4 Å². The van der Waals surface area contributed by atoms with Gasteiger partial charge in [-0.3, -0.25) is 0 Å². The lowest BCUT2D eigenvalue weighted by Crippen LogP contribution is -2.13. The predicted octanol–water partition coefficient (Wildman–Crippen LogP) is 6.35. The van der Waals surface area contributed by atoms with Crippen molar-refractivity contribution in [2.75, 3.05) is 0 Å². The predicted molar refractivity (Wildman–Crippen MR) is 115 cm³/mol. The Kier molecular flexibility index (Phi) is 8.20. The molecule has 0 bridgehead atoms. The van der Waals surface area contributed by atoms with Crippen LogP contribution in [0.15, 0.2) is 27.6 Å². The maximum atomic E-state index is 14.2. The molecule has 29 heavy (non-hydrogen) atoms. The third-order valence-electron chi connectivity index (χ3n) is 5.48. The fourth-order valence-corrected chi connectivity index (χ4v) is 3.48. The first-order valence-corrected chi connectivity index (χ1v) is 11.1. The average molecular weight is 401 g/mol. The Morgan fingerprint density at radius 1 is 1.07 bits per heavy atom. The number of benzene rings is 1. The summed E-state index contributed by atoms with van der Waals surface area (Å²) in [5.41, 5.74) is 7.31. The molecule has 0 aliphatic heterocycles. The largest absolute Gasteiger partial charge is 0.402 e. The molecule has 6 heteroatoms. The molecule has 0 spiro atoms. The zero-order valence-corrected chi connectivity index (χ0v) is 17.5. The first-order chi connectivity index (χ1) is 14.2. The summed E-state index contributed by atoms with van der Waals surface area (Å²) in [6, 6.07) is 5.12. The number of amidine groups is 1. The SMILES string of the molecule is CCCCCCCCCCCc1cc(-c2nnc(/N=C(\N)C3CC3)o2)ccc1F. The number of hydrogen-bond acceptors (Lipinski definition) is 4. The van der Waals surface area contributed by atoms with E-state index in [2.05, 4.69) is 22.1 Å². The Labute approximate surface area is 173 Å². The van der Waals surface area contributed by atoms with Crippen LogP contribution in [0.25, 0.3) is 11.5 Å². The van der Waals surface area contributed by atoms with Crippen LogP contribution in [0.5, 0.6) is 0 Å². The van der Waals surface area contributed by atoms with Crippen LogP contribution in [0.4, 0.5) is 10.4 Å². The van der Waals surface area contributed by atoms with E-state index in [1.165, 1.54) is 51.0 Å². The van der Waals surface area contributed by atoms with Crippen molar-refractivity contribution in [1.29, 1.82) is 0 Å². The Bertz CT molecular complexity index is 798. The van der Waals surface area contributed by atoms with Crippen molar-refractivity contribution in [3.8, 4) is 11.5 Å². The van der Waals surface area contributed by atoms with Gasteiger partial charge in [0, 0.05) is 11.5 Å². The lowest BCUT2D eigenvalue weighted by atomic mass is 10.0. The highest BCUT2D eigenvalue weighted by atomic mass is 19.1. The van der Waals surface area contributed by atoms with Gasteiger partial charge in [-0.15, -0.1) is 5.10 Å². The molecule has 1 aliphatic carbocycles. The van der Waals surface area contributed by atoms with Crippen molar-refractivity contribution in [1.82, 2.24) is 10.2 Å². The monoisotopic (exact) mass is 400 g/mol. The van der Waals surface area contributed by atoms with Gasteiger partial charge < -0.3 is 10.2 Å². The number of aromatic nitrogens is 2. The van der Waals surface area contributed by atoms with E-state index in [9.17, 15) is 4.39 Å². The zero-order valence-electron chi connectivity index (χ0n) is 17.5. The summed E-state index contributed by atoms with van der Waals surface area (Å²) in [6.45, 7) is 2.24. The summed E-state index contributed by atoms with van der Waals surface area (Å²) in [5, 5.41) is 7.98. The van der Waals surface area contributed by atoms with Crippen molar-refractivity contribution < 1.29 is 8.81 Å². The number of halogens is 1. The van der Waals surface area contributed by atoms with Crippen molar-refractivity contribution in [2.45, 2.75) is 84.0 Å². The quantitative estimate of drug-likeness (QED) is 0.241. The van der Waals surface area contributed by atoms with Gasteiger partial charge in [0.25, 0.3) is 0 Å². The highest BCUT2D eigenvalue weighted by Crippen LogP contribution is 2.30. The smallest absolute Gasteiger partial charge is 0.344 e. The van der Waals surface area contributed by atoms with Gasteiger partial charge in [0.15, 0.2) is 0 Å². The molecule has 2 N–H and O–H groups in total. The number of rotatable bonds is 13. The molecule has 0 unspecified atom stereocenters. The van der Waals surface area contributed by atoms with Gasteiger partial charge in [0.2, 0.25) is 5.89 Å². The second kappa shape index (κ2) is 11.1. The molecular formula is C23H33FN4O. The van der Waals surface area contributed by atoms with Crippen LogP contribution in [0.1, 0.15) is 83.1 Å². The molecule has 1 aromatic carbocycles. The Hall–Kier alpha value is -2.24. The van der Waals surface area contributed by atoms with Crippen LogP contribution in [0.2, 0.25) is 0 Å². The molecule has 2 aromatic rings. The first-order valence-electron chi connectivity index (χ1n) is 11.1. The minimum Gasteiger partial charge on any atom is -0.402 e. The zero-order chi connectivity index (χ0) is 20.5. The highest BCUT2D eigenvalue weighted by molar-refractivity contribution is 5.86. The molecule has 1 aromatic heterocycles. The molecule has 5 nitrogen and oxygen atoms in total. The van der Waals surface area contributed by atoms with Gasteiger partial charge in [-0.2, -0.15) is 4.99 Å². The molecule has 158 valence electrons. The van der Waals surface area contributed by atoms with E-state index in [-0.39, 0.29) is 11.8 Å². The number of aryl methyl sites for hydroxylation is 1. The van der Waals surface area contributed by atoms with Crippen LogP contribution in [-0.2, 0) is 6.42 Å². The minimum absolute atomic E-state index is 0.161. The summed E-state index contributed by atoms with van der Waals surface area (Å²) in [6.07, 6.45) is 14.1. The molecule has 1 saturated carbocycles. The van der Waals surface area contributed by atoms with Crippen molar-refractivity contribution in [3.05, 3.63) is 29.6 Å². The van der Waals surface area contributed by atoms with Crippen molar-refractivity contribution in [3.63, 3.8) is 0 Å². The van der Waals surface area contributed by atoms with Gasteiger partial charge in [0.05, 0.1) is 0 Å². The van der Waals surface area contributed by atoms with Gasteiger partial charge in [0.1, 0.15) is 11.7 Å². The molecule has 1 heterocycles. The highest BCUT2D eigenvalue weighted by Gasteiger charge is 2.26. The van der Waals surface area contributed by atoms with E-state index in [1.54, 1.807) is 6.07 Å². The van der Waals surface area contributed by atoms with Crippen LogP contribution < -0.4 is 5.73 Å². The van der Waals surface area contributed by atoms with E-state index >= 15 is 0 Å². The fraction of sp³-hybridized carbons (Fsp3) is 0.609. The summed E-state index contributed by atoms with van der Waals surface area (Å²) >= 11 is 0. The summed E-state index contributed by atoms with van der Waals surface area (Å²) in [7, 11) is 0. The normalized spacial score (nSPS) is 14.5. The lowest BCUT2D eigenvalue weighted by Gasteiger charge is -2.05. The van der Waals surface area contributed by atoms with Crippen LogP contribution in [0, 0.1) is 11.7 Å². The molecular weight excluding hydrogens is 367 g/mol. The second-order valence-corrected chi connectivity index (χ2v) is 8.09. The van der Waals surface area contributed by atoms with Crippen molar-refractivity contribution >= 4 is 11.9 Å². The van der Waals surface area contributed by atoms with Crippen LogP contribution >= 0.6 is 0 Å². The average Bonchev–Trinajstić information content (AvgIpc) is 3.48. The summed E-state index contributed by atoms with van der Waals surface area (Å²) in [4.78, 5) is 4.19. The van der Waals surface area contributed by atoms with E-state index in [4.69, 9.17) is 10.2 Å². The van der Waals surface area contributed by atoms with Gasteiger partial charge in [-0.1, -0.05) is 63.4 Å². The van der Waals surface area contributed by atoms with Crippen molar-refractivity contribution in [2.24, 2.45) is 16.6 Å². The second-order valence-electron chi connectivity index (χ2n) is 8.09. The maximum Gasteiger partial charge on any atom is 0.344 e. The van der Waals surface area contributed by atoms with Crippen LogP contribution in [0.3, 0.4) is 0 Å². The minimum atomic E-state index is -0.177. The molecule has 3 rings (SSSR count). The molecule has 0 radical (unpaired) electrons. The number of aliphatic imine (C=N–C) groups is 1. The number of hydrogen-bond donors (Lipinski definition) is 1. The van der Waals surface area contributed by atoms with Gasteiger partial charge in [-0.25, -0.2) is 4.39 Å². The third-order valence-corrected chi connectivity index (χ3v) is 5.48. The fourth-order valence-electron chi connectivity index (χ4n) is 3.48. The van der Waals surface area contributed by atoms with Gasteiger partial charge >= 0.3 is 6.01 Å². The Morgan fingerprint density at radius 3 is 2.45 bits per heavy atom. The number of nitrogens with zero attached hydrogens (tertiary/aromatic N) is 3. The first kappa shape index (κ1) is 21.5. The Balaban J connectivity index is 1.47.